The van der Waals surface area contributed by atoms with E-state index < -0.39 is 10.8 Å². The van der Waals surface area contributed by atoms with Crippen LogP contribution >= 0.6 is 0 Å². The monoisotopic (exact) mass is 390 g/mol. The van der Waals surface area contributed by atoms with Crippen molar-refractivity contribution in [2.45, 2.75) is 25.2 Å². The maximum Gasteiger partial charge on any atom is 0.269 e. The molecule has 29 heavy (non-hydrogen) atoms. The predicted molar refractivity (Wildman–Crippen MR) is 104 cm³/mol. The number of ketones is 1. The molecule has 0 spiro atoms. The van der Waals surface area contributed by atoms with Gasteiger partial charge in [-0.3, -0.25) is 24.5 Å². The fourth-order valence-corrected chi connectivity index (χ4v) is 4.03. The van der Waals surface area contributed by atoms with Crippen LogP contribution in [0.4, 0.5) is 11.4 Å². The molecule has 1 aliphatic heterocycles. The number of benzene rings is 1. The van der Waals surface area contributed by atoms with Crippen molar-refractivity contribution in [1.82, 2.24) is 9.78 Å². The largest absolute Gasteiger partial charge is 0.384 e. The number of nitrogens with two attached hydrogens (primary N) is 1. The number of aryl methyl sites for hydroxylation is 1. The Hall–Kier alpha value is -3.93. The quantitative estimate of drug-likeness (QED) is 0.629. The molecule has 0 radical (unpaired) electrons. The van der Waals surface area contributed by atoms with Gasteiger partial charge in [-0.1, -0.05) is 0 Å². The molecule has 1 unspecified atom stereocenters. The molecule has 1 aromatic carbocycles. The number of anilines is 1. The molecule has 2 N–H and O–H groups in total. The summed E-state index contributed by atoms with van der Waals surface area (Å²) in [6.45, 7) is 0. The minimum Gasteiger partial charge on any atom is -0.384 e. The Morgan fingerprint density at radius 3 is 2.62 bits per heavy atom. The highest BCUT2D eigenvalue weighted by atomic mass is 16.6. The van der Waals surface area contributed by atoms with Crippen LogP contribution in [-0.2, 0) is 11.8 Å². The zero-order chi connectivity index (χ0) is 20.7. The van der Waals surface area contributed by atoms with Crippen molar-refractivity contribution in [2.75, 3.05) is 4.90 Å². The molecular formula is C20H18N6O3. The maximum absolute atomic E-state index is 12.9. The highest BCUT2D eigenvalue weighted by molar-refractivity contribution is 6.01. The van der Waals surface area contributed by atoms with Crippen molar-refractivity contribution in [2.24, 2.45) is 12.8 Å². The Kier molecular flexibility index (Phi) is 4.39. The van der Waals surface area contributed by atoms with Crippen LogP contribution in [0.1, 0.15) is 30.7 Å². The first kappa shape index (κ1) is 18.4. The minimum absolute atomic E-state index is 0.0211. The third-order valence-electron chi connectivity index (χ3n) is 5.29. The lowest BCUT2D eigenvalue weighted by atomic mass is 9.76. The molecule has 0 amide bonds. The third-order valence-corrected chi connectivity index (χ3v) is 5.29. The van der Waals surface area contributed by atoms with Crippen molar-refractivity contribution < 1.29 is 9.72 Å². The van der Waals surface area contributed by atoms with E-state index in [0.29, 0.717) is 30.5 Å². The van der Waals surface area contributed by atoms with Gasteiger partial charge in [0.15, 0.2) is 5.78 Å². The number of carbonyl (C=O) groups is 1. The summed E-state index contributed by atoms with van der Waals surface area (Å²) in [5.74, 6) is -0.360. The lowest BCUT2D eigenvalue weighted by Gasteiger charge is -2.39. The number of non-ortho nitro benzene ring substituents is 1. The summed E-state index contributed by atoms with van der Waals surface area (Å²) in [6.07, 6.45) is 5.12. The number of nitrogens with zero attached hydrogens (tertiary/aromatic N) is 5. The molecule has 9 nitrogen and oxygen atoms in total. The van der Waals surface area contributed by atoms with Gasteiger partial charge in [-0.15, -0.1) is 0 Å². The van der Waals surface area contributed by atoms with Crippen LogP contribution in [-0.4, -0.2) is 20.5 Å². The summed E-state index contributed by atoms with van der Waals surface area (Å²) in [4.78, 5) is 25.1. The van der Waals surface area contributed by atoms with E-state index >= 15 is 0 Å². The van der Waals surface area contributed by atoms with Gasteiger partial charge in [0.2, 0.25) is 0 Å². The van der Waals surface area contributed by atoms with Crippen LogP contribution in [0.5, 0.6) is 0 Å². The minimum atomic E-state index is -0.564. The molecule has 9 heteroatoms. The fourth-order valence-electron chi connectivity index (χ4n) is 4.03. The van der Waals surface area contributed by atoms with E-state index in [-0.39, 0.29) is 22.9 Å². The number of rotatable bonds is 3. The molecule has 2 aliphatic rings. The number of nitro groups is 1. The van der Waals surface area contributed by atoms with Gasteiger partial charge in [0, 0.05) is 54.3 Å². The first-order valence-electron chi connectivity index (χ1n) is 9.11. The highest BCUT2D eigenvalue weighted by Gasteiger charge is 2.40. The molecule has 0 bridgehead atoms. The van der Waals surface area contributed by atoms with Gasteiger partial charge in [0.05, 0.1) is 28.7 Å². The van der Waals surface area contributed by atoms with E-state index in [1.54, 1.807) is 41.2 Å². The van der Waals surface area contributed by atoms with Gasteiger partial charge < -0.3 is 5.73 Å². The molecule has 2 heterocycles. The number of Topliss-reactive ketones (excluding diaryl/α,β-unsaturated/α-hetero) is 1. The number of allylic oxidation sites excluding steroid dienone is 3. The summed E-state index contributed by atoms with van der Waals surface area (Å²) < 4.78 is 1.62. The van der Waals surface area contributed by atoms with Crippen LogP contribution in [0, 0.1) is 21.4 Å². The maximum atomic E-state index is 12.9. The van der Waals surface area contributed by atoms with Crippen LogP contribution in [0.3, 0.4) is 0 Å². The fraction of sp³-hybridized carbons (Fsp3) is 0.250. The van der Waals surface area contributed by atoms with E-state index in [4.69, 9.17) is 5.73 Å². The number of nitro benzene ring substituents is 1. The van der Waals surface area contributed by atoms with Crippen LogP contribution in [0.15, 0.2) is 59.3 Å². The second kappa shape index (κ2) is 6.91. The average Bonchev–Trinajstić information content (AvgIpc) is 3.13. The second-order valence-corrected chi connectivity index (χ2v) is 7.04. The number of hydrogen-bond acceptors (Lipinski definition) is 7. The normalized spacial score (nSPS) is 19.2. The van der Waals surface area contributed by atoms with Crippen molar-refractivity contribution in [3.63, 3.8) is 0 Å². The van der Waals surface area contributed by atoms with Crippen molar-refractivity contribution in [3.05, 3.63) is 75.0 Å². The molecule has 4 rings (SSSR count). The summed E-state index contributed by atoms with van der Waals surface area (Å²) in [6, 6.07) is 8.09. The predicted octanol–water partition coefficient (Wildman–Crippen LogP) is 2.63. The number of aromatic nitrogens is 2. The first-order chi connectivity index (χ1) is 13.9. The topological polar surface area (TPSA) is 131 Å². The Morgan fingerprint density at radius 2 is 2.03 bits per heavy atom. The standard InChI is InChI=1S/C20H18N6O3/c1-24-11-12(10-23-24)18-15(9-21)20(22)25(16-3-2-4-17(27)19(16)18)13-5-7-14(8-6-13)26(28)29/h5-8,10-11,18H,2-4,22H2,1H3. The van der Waals surface area contributed by atoms with Crippen LogP contribution in [0.2, 0.25) is 0 Å². The lowest BCUT2D eigenvalue weighted by Crippen LogP contribution is -2.38. The lowest BCUT2D eigenvalue weighted by molar-refractivity contribution is -0.384. The third kappa shape index (κ3) is 2.95. The average molecular weight is 390 g/mol. The van der Waals surface area contributed by atoms with Crippen LogP contribution < -0.4 is 10.6 Å². The highest BCUT2D eigenvalue weighted by Crippen LogP contribution is 2.46. The number of carbonyl (C=O) groups excluding carboxylic acids is 1. The molecule has 0 saturated heterocycles. The first-order valence-corrected chi connectivity index (χ1v) is 9.11. The molecule has 2 aromatic rings. The Labute approximate surface area is 166 Å². The SMILES string of the molecule is Cn1cc(C2C(C#N)=C(N)N(c3ccc([N+](=O)[O-])cc3)C3=C2C(=O)CCC3)cn1. The zero-order valence-electron chi connectivity index (χ0n) is 15.7. The van der Waals surface area contributed by atoms with E-state index in [1.807, 2.05) is 0 Å². The van der Waals surface area contributed by atoms with E-state index in [9.17, 15) is 20.2 Å². The summed E-state index contributed by atoms with van der Waals surface area (Å²) >= 11 is 0. The second-order valence-electron chi connectivity index (χ2n) is 7.04. The van der Waals surface area contributed by atoms with E-state index in [0.717, 1.165) is 11.3 Å². The van der Waals surface area contributed by atoms with Gasteiger partial charge in [-0.25, -0.2) is 0 Å². The van der Waals surface area contributed by atoms with E-state index in [2.05, 4.69) is 11.2 Å². The Balaban J connectivity index is 1.92. The van der Waals surface area contributed by atoms with Crippen LogP contribution in [0.25, 0.3) is 0 Å². The van der Waals surface area contributed by atoms with Gasteiger partial charge in [-0.05, 0) is 25.0 Å². The zero-order valence-corrected chi connectivity index (χ0v) is 15.7. The molecule has 1 atom stereocenters. The molecule has 0 fully saturated rings. The van der Waals surface area contributed by atoms with Crippen molar-refractivity contribution >= 4 is 17.2 Å². The molecule has 1 aromatic heterocycles. The Bertz CT molecular complexity index is 1120. The number of hydrogen-bond donors (Lipinski definition) is 1. The van der Waals surface area contributed by atoms with Gasteiger partial charge in [0.1, 0.15) is 5.82 Å². The van der Waals surface area contributed by atoms with E-state index in [1.165, 1.54) is 12.1 Å². The van der Waals surface area contributed by atoms with Gasteiger partial charge in [-0.2, -0.15) is 10.4 Å². The molecule has 1 aliphatic carbocycles. The molecule has 0 saturated carbocycles. The summed E-state index contributed by atoms with van der Waals surface area (Å²) in [7, 11) is 1.77. The molecular weight excluding hydrogens is 372 g/mol. The summed E-state index contributed by atoms with van der Waals surface area (Å²) in [5, 5.41) is 25.1. The van der Waals surface area contributed by atoms with Gasteiger partial charge in [0.25, 0.3) is 5.69 Å². The summed E-state index contributed by atoms with van der Waals surface area (Å²) in [5.41, 5.74) is 9.25. The Morgan fingerprint density at radius 1 is 1.31 bits per heavy atom. The van der Waals surface area contributed by atoms with Crippen molar-refractivity contribution in [1.29, 1.82) is 5.26 Å². The molecule has 146 valence electrons. The van der Waals surface area contributed by atoms with Gasteiger partial charge >= 0.3 is 0 Å². The van der Waals surface area contributed by atoms with Crippen molar-refractivity contribution in [3.8, 4) is 6.07 Å². The number of nitriles is 1. The smallest absolute Gasteiger partial charge is 0.269 e.